The lowest BCUT2D eigenvalue weighted by atomic mass is 9.86. The minimum Gasteiger partial charge on any atom is -0.467 e. The summed E-state index contributed by atoms with van der Waals surface area (Å²) in [6.45, 7) is 5.65. The maximum atomic E-state index is 14.5. The topological polar surface area (TPSA) is 74.9 Å². The van der Waals surface area contributed by atoms with Gasteiger partial charge < -0.3 is 9.73 Å². The largest absolute Gasteiger partial charge is 0.467 e. The van der Waals surface area contributed by atoms with Gasteiger partial charge in [0.15, 0.2) is 0 Å². The molecule has 2 heterocycles. The smallest absolute Gasteiger partial charge is 0.442 e. The van der Waals surface area contributed by atoms with Crippen molar-refractivity contribution in [2.75, 3.05) is 0 Å². The summed E-state index contributed by atoms with van der Waals surface area (Å²) in [4.78, 5) is 31.0. The Bertz CT molecular complexity index is 1240. The Labute approximate surface area is 200 Å². The summed E-state index contributed by atoms with van der Waals surface area (Å²) in [6.07, 6.45) is -3.85. The molecule has 6 nitrogen and oxygen atoms in total. The Kier molecular flexibility index (Phi) is 6.04. The van der Waals surface area contributed by atoms with E-state index in [0.29, 0.717) is 5.56 Å². The number of nitrogens with one attached hydrogen (secondary N) is 1. The van der Waals surface area contributed by atoms with Gasteiger partial charge in [0, 0.05) is 11.1 Å². The third-order valence-corrected chi connectivity index (χ3v) is 5.73. The molecule has 0 fully saturated rings. The number of amidine groups is 1. The van der Waals surface area contributed by atoms with E-state index in [-0.39, 0.29) is 29.1 Å². The lowest BCUT2D eigenvalue weighted by molar-refractivity contribution is -0.196. The highest BCUT2D eigenvalue weighted by molar-refractivity contribution is 6.16. The molecule has 0 spiro atoms. The van der Waals surface area contributed by atoms with Gasteiger partial charge in [0.2, 0.25) is 0 Å². The molecule has 0 aliphatic carbocycles. The molecule has 2 aromatic carbocycles. The highest BCUT2D eigenvalue weighted by atomic mass is 19.4. The number of halogens is 3. The van der Waals surface area contributed by atoms with Gasteiger partial charge in [-0.15, -0.1) is 0 Å². The molecule has 0 bridgehead atoms. The highest BCUT2D eigenvalue weighted by Crippen LogP contribution is 2.39. The first kappa shape index (κ1) is 24.3. The van der Waals surface area contributed by atoms with E-state index >= 15 is 0 Å². The zero-order valence-corrected chi connectivity index (χ0v) is 19.4. The molecular weight excluding hydrogens is 459 g/mol. The maximum Gasteiger partial charge on any atom is 0.442 e. The Morgan fingerprint density at radius 3 is 2.20 bits per heavy atom. The molecule has 0 unspecified atom stereocenters. The third kappa shape index (κ3) is 4.58. The van der Waals surface area contributed by atoms with Gasteiger partial charge in [0.25, 0.3) is 11.8 Å². The molecule has 0 radical (unpaired) electrons. The first-order valence-electron chi connectivity index (χ1n) is 10.9. The van der Waals surface area contributed by atoms with E-state index in [1.54, 1.807) is 54.6 Å². The van der Waals surface area contributed by atoms with Crippen molar-refractivity contribution in [3.63, 3.8) is 0 Å². The monoisotopic (exact) mass is 483 g/mol. The van der Waals surface area contributed by atoms with Crippen LogP contribution in [0.25, 0.3) is 0 Å². The Morgan fingerprint density at radius 2 is 1.66 bits per heavy atom. The first-order chi connectivity index (χ1) is 16.4. The average molecular weight is 483 g/mol. The van der Waals surface area contributed by atoms with Crippen molar-refractivity contribution >= 4 is 17.6 Å². The number of benzene rings is 2. The summed E-state index contributed by atoms with van der Waals surface area (Å²) in [7, 11) is 0. The minimum absolute atomic E-state index is 0.0182. The third-order valence-electron chi connectivity index (χ3n) is 5.73. The van der Waals surface area contributed by atoms with E-state index < -0.39 is 23.7 Å². The SMILES string of the molecule is CC(C)(C)c1ccc(C(=O)N[C@@]2(C(F)(F)F)N=C(c3ccccc3)N(Cc3ccco3)C2=O)cc1. The Balaban J connectivity index is 1.75. The van der Waals surface area contributed by atoms with Gasteiger partial charge in [0.1, 0.15) is 11.6 Å². The van der Waals surface area contributed by atoms with Crippen LogP contribution in [0.2, 0.25) is 0 Å². The lowest BCUT2D eigenvalue weighted by Crippen LogP contribution is -2.63. The van der Waals surface area contributed by atoms with Crippen molar-refractivity contribution in [1.82, 2.24) is 10.2 Å². The molecule has 1 aliphatic heterocycles. The van der Waals surface area contributed by atoms with Crippen LogP contribution in [0.4, 0.5) is 13.2 Å². The molecule has 1 aromatic heterocycles. The Hall–Kier alpha value is -3.88. The molecule has 1 aliphatic rings. The molecular formula is C26H24F3N3O3. The first-order valence-corrected chi connectivity index (χ1v) is 10.9. The van der Waals surface area contributed by atoms with E-state index in [9.17, 15) is 22.8 Å². The molecule has 2 amide bonds. The fourth-order valence-electron chi connectivity index (χ4n) is 3.77. The van der Waals surface area contributed by atoms with Crippen LogP contribution in [0.3, 0.4) is 0 Å². The van der Waals surface area contributed by atoms with Crippen molar-refractivity contribution < 1.29 is 27.2 Å². The van der Waals surface area contributed by atoms with Crippen molar-refractivity contribution in [1.29, 1.82) is 0 Å². The number of alkyl halides is 3. The summed E-state index contributed by atoms with van der Waals surface area (Å²) in [6, 6.07) is 17.3. The maximum absolute atomic E-state index is 14.5. The second-order valence-electron chi connectivity index (χ2n) is 9.26. The fraction of sp³-hybridized carbons (Fsp3) is 0.269. The summed E-state index contributed by atoms with van der Waals surface area (Å²) < 4.78 is 48.8. The number of carbonyl (C=O) groups is 2. The summed E-state index contributed by atoms with van der Waals surface area (Å²) in [5.41, 5.74) is -2.50. The number of carbonyl (C=O) groups excluding carboxylic acids is 2. The molecule has 4 rings (SSSR count). The van der Waals surface area contributed by atoms with Crippen molar-refractivity contribution in [3.8, 4) is 0 Å². The van der Waals surface area contributed by atoms with Crippen LogP contribution in [0.15, 0.2) is 82.4 Å². The second kappa shape index (κ2) is 8.72. The van der Waals surface area contributed by atoms with Crippen molar-refractivity contribution in [2.24, 2.45) is 4.99 Å². The Morgan fingerprint density at radius 1 is 1.00 bits per heavy atom. The van der Waals surface area contributed by atoms with Crippen LogP contribution >= 0.6 is 0 Å². The normalized spacial score (nSPS) is 18.5. The van der Waals surface area contributed by atoms with Crippen LogP contribution in [0.1, 0.15) is 48.0 Å². The standard InChI is InChI=1S/C26H24F3N3O3/c1-24(2,3)19-13-11-18(12-14-19)22(33)31-25(26(27,28)29)23(34)32(16-20-10-7-15-35-20)21(30-25)17-8-5-4-6-9-17/h4-15H,16H2,1-3H3,(H,31,33)/t25-/m0/s1. The molecule has 1 N–H and O–H groups in total. The molecule has 182 valence electrons. The average Bonchev–Trinajstić information content (AvgIpc) is 3.42. The van der Waals surface area contributed by atoms with E-state index in [2.05, 4.69) is 4.99 Å². The summed E-state index contributed by atoms with van der Waals surface area (Å²) in [5, 5.41) is 1.89. The van der Waals surface area contributed by atoms with Crippen LogP contribution in [0.5, 0.6) is 0 Å². The fourth-order valence-corrected chi connectivity index (χ4v) is 3.77. The minimum atomic E-state index is -5.21. The molecule has 3 aromatic rings. The van der Waals surface area contributed by atoms with Gasteiger partial charge in [-0.3, -0.25) is 14.5 Å². The van der Waals surface area contributed by atoms with Gasteiger partial charge in [-0.2, -0.15) is 13.2 Å². The molecule has 0 saturated carbocycles. The highest BCUT2D eigenvalue weighted by Gasteiger charge is 2.67. The summed E-state index contributed by atoms with van der Waals surface area (Å²) in [5.74, 6) is -2.43. The lowest BCUT2D eigenvalue weighted by Gasteiger charge is -2.29. The molecule has 1 atom stereocenters. The van der Waals surface area contributed by atoms with Crippen LogP contribution in [0, 0.1) is 0 Å². The van der Waals surface area contributed by atoms with Gasteiger partial charge in [-0.05, 0) is 35.2 Å². The number of nitrogens with zero attached hydrogens (tertiary/aromatic N) is 2. The van der Waals surface area contributed by atoms with Gasteiger partial charge in [-0.1, -0.05) is 63.2 Å². The number of rotatable bonds is 5. The van der Waals surface area contributed by atoms with E-state index in [0.717, 1.165) is 10.5 Å². The molecule has 0 saturated heterocycles. The second-order valence-corrected chi connectivity index (χ2v) is 9.26. The zero-order chi connectivity index (χ0) is 25.4. The number of aliphatic imine (C=N–C) groups is 1. The van der Waals surface area contributed by atoms with Gasteiger partial charge in [-0.25, -0.2) is 4.99 Å². The number of furan rings is 1. The van der Waals surface area contributed by atoms with Crippen LogP contribution < -0.4 is 5.32 Å². The summed E-state index contributed by atoms with van der Waals surface area (Å²) >= 11 is 0. The van der Waals surface area contributed by atoms with Crippen molar-refractivity contribution in [2.45, 2.75) is 44.6 Å². The van der Waals surface area contributed by atoms with E-state index in [1.165, 1.54) is 18.4 Å². The van der Waals surface area contributed by atoms with Gasteiger partial charge in [0.05, 0.1) is 12.8 Å². The zero-order valence-electron chi connectivity index (χ0n) is 19.4. The van der Waals surface area contributed by atoms with Crippen LogP contribution in [-0.4, -0.2) is 34.4 Å². The predicted molar refractivity (Wildman–Crippen MR) is 124 cm³/mol. The van der Waals surface area contributed by atoms with E-state index in [1.807, 2.05) is 26.1 Å². The number of hydrogen-bond donors (Lipinski definition) is 1. The van der Waals surface area contributed by atoms with Crippen LogP contribution in [-0.2, 0) is 16.8 Å². The molecule has 35 heavy (non-hydrogen) atoms. The number of amides is 2. The quantitative estimate of drug-likeness (QED) is 0.552. The predicted octanol–water partition coefficient (Wildman–Crippen LogP) is 5.05. The number of hydrogen-bond acceptors (Lipinski definition) is 4. The molecule has 9 heteroatoms. The van der Waals surface area contributed by atoms with E-state index in [4.69, 9.17) is 4.42 Å². The van der Waals surface area contributed by atoms with Crippen molar-refractivity contribution in [3.05, 3.63) is 95.4 Å². The van der Waals surface area contributed by atoms with Gasteiger partial charge >= 0.3 is 11.8 Å².